The van der Waals surface area contributed by atoms with E-state index in [0.29, 0.717) is 17.9 Å². The van der Waals surface area contributed by atoms with E-state index in [1.165, 1.54) is 90.9 Å². The number of rotatable bonds is 38. The van der Waals surface area contributed by atoms with Gasteiger partial charge in [-0.25, -0.2) is 9.59 Å². The number of carbonyl (C=O) groups is 4. The highest BCUT2D eigenvalue weighted by atomic mass is 16.7. The first-order valence-electron chi connectivity index (χ1n) is 21.3. The summed E-state index contributed by atoms with van der Waals surface area (Å²) in [5.74, 6) is -4.38. The molecule has 0 amide bonds. The summed E-state index contributed by atoms with van der Waals surface area (Å²) in [5, 5.41) is 21.3. The number of carbonyl (C=O) groups excluding carboxylic acids is 2. The molecule has 0 saturated carbocycles. The second-order valence-electron chi connectivity index (χ2n) is 15.0. The highest BCUT2D eigenvalue weighted by Crippen LogP contribution is 2.32. The lowest BCUT2D eigenvalue weighted by Crippen LogP contribution is -2.70. The summed E-state index contributed by atoms with van der Waals surface area (Å²) >= 11 is 0. The molecule has 0 fully saturated rings. The maximum Gasteiger partial charge on any atom is 0.333 e. The smallest absolute Gasteiger partial charge is 0.333 e. The van der Waals surface area contributed by atoms with Crippen LogP contribution in [-0.4, -0.2) is 56.5 Å². The van der Waals surface area contributed by atoms with E-state index >= 15 is 0 Å². The third kappa shape index (κ3) is 20.8. The minimum Gasteiger partial charge on any atom is -0.479 e. The van der Waals surface area contributed by atoms with Crippen molar-refractivity contribution in [1.82, 2.24) is 5.06 Å². The molecule has 0 bridgehead atoms. The predicted octanol–water partition coefficient (Wildman–Crippen LogP) is 12.1. The van der Waals surface area contributed by atoms with E-state index in [1.54, 1.807) is 6.92 Å². The quantitative estimate of drug-likeness (QED) is 0.0278. The summed E-state index contributed by atoms with van der Waals surface area (Å²) in [4.78, 5) is 58.0. The number of hydrogen-bond donors (Lipinski definition) is 2. The molecule has 0 rings (SSSR count). The van der Waals surface area contributed by atoms with Crippen molar-refractivity contribution in [2.45, 2.75) is 225 Å². The molecular weight excluding hydrogens is 654 g/mol. The second kappa shape index (κ2) is 32.1. The van der Waals surface area contributed by atoms with Gasteiger partial charge in [0.05, 0.1) is 6.61 Å². The Bertz CT molecular complexity index is 933. The fourth-order valence-electron chi connectivity index (χ4n) is 6.67. The molecule has 0 spiro atoms. The molecule has 0 heterocycles. The minimum atomic E-state index is -2.33. The van der Waals surface area contributed by atoms with Gasteiger partial charge >= 0.3 is 11.9 Å². The van der Waals surface area contributed by atoms with Gasteiger partial charge in [-0.15, -0.1) is 5.06 Å². The van der Waals surface area contributed by atoms with E-state index < -0.39 is 34.6 Å². The summed E-state index contributed by atoms with van der Waals surface area (Å²) in [5.41, 5.74) is -4.66. The van der Waals surface area contributed by atoms with Crippen LogP contribution in [0.1, 0.15) is 214 Å². The van der Waals surface area contributed by atoms with Crippen LogP contribution in [0.5, 0.6) is 0 Å². The molecule has 52 heavy (non-hydrogen) atoms. The number of aliphatic carboxylic acids is 2. The van der Waals surface area contributed by atoms with Gasteiger partial charge in [0.1, 0.15) is 0 Å². The van der Waals surface area contributed by atoms with E-state index in [4.69, 9.17) is 4.84 Å². The Morgan fingerprint density at radius 1 is 0.462 bits per heavy atom. The van der Waals surface area contributed by atoms with Crippen molar-refractivity contribution >= 4 is 23.5 Å². The number of unbranched alkanes of at least 4 members (excludes halogenated alkanes) is 22. The van der Waals surface area contributed by atoms with Crippen molar-refractivity contribution in [2.75, 3.05) is 6.61 Å². The summed E-state index contributed by atoms with van der Waals surface area (Å²) in [7, 11) is 0. The molecule has 2 N–H and O–H groups in total. The van der Waals surface area contributed by atoms with Crippen LogP contribution in [0.3, 0.4) is 0 Å². The number of nitrogens with zero attached hydrogens (tertiary/aromatic N) is 1. The Morgan fingerprint density at radius 3 is 1.00 bits per heavy atom. The molecule has 0 aliphatic rings. The highest BCUT2D eigenvalue weighted by molar-refractivity contribution is 6.12. The average molecular weight is 734 g/mol. The normalized spacial score (nSPS) is 14.3. The van der Waals surface area contributed by atoms with Gasteiger partial charge < -0.3 is 10.2 Å². The van der Waals surface area contributed by atoms with E-state index in [0.717, 1.165) is 77.0 Å². The molecule has 0 saturated heterocycles. The van der Waals surface area contributed by atoms with Crippen LogP contribution in [0.4, 0.5) is 0 Å². The van der Waals surface area contributed by atoms with Crippen LogP contribution in [0.25, 0.3) is 0 Å². The third-order valence-electron chi connectivity index (χ3n) is 10.3. The molecule has 0 radical (unpaired) electrons. The van der Waals surface area contributed by atoms with Crippen LogP contribution < -0.4 is 0 Å². The standard InChI is InChI=1S/C44H79NO7/c1-6-9-11-13-15-17-19-21-23-25-27-29-31-33-35-37-39(46)43(4,41(48)49)45(52-8-3)44(5,42(50)51)40(47)38-36-34-32-30-28-26-24-22-20-18-16-14-12-10-7-2/h21-24H,6-20,25-38H2,1-5H3,(H,48,49)(H,50,51)/b23-21-,24-22?. The fraction of sp³-hybridized carbons (Fsp3) is 0.818. The Hall–Kier alpha value is -2.32. The SMILES string of the molecule is CCCCCCCCC=CCCCCCCCC(=O)C(C)(C(=O)O)N(OCC)C(C)(C(=O)O)C(=O)CCCCCCC/C=C\CCCCCCCC. The van der Waals surface area contributed by atoms with Gasteiger partial charge in [-0.2, -0.15) is 0 Å². The molecular formula is C44H79NO7. The molecule has 302 valence electrons. The maximum absolute atomic E-state index is 13.5. The van der Waals surface area contributed by atoms with E-state index in [9.17, 15) is 29.4 Å². The third-order valence-corrected chi connectivity index (χ3v) is 10.3. The molecule has 8 heteroatoms. The number of hydroxylamine groups is 2. The van der Waals surface area contributed by atoms with Crippen molar-refractivity contribution in [2.24, 2.45) is 0 Å². The zero-order chi connectivity index (χ0) is 38.9. The van der Waals surface area contributed by atoms with Crippen LogP contribution in [0.15, 0.2) is 24.3 Å². The number of hydrogen-bond acceptors (Lipinski definition) is 6. The summed E-state index contributed by atoms with van der Waals surface area (Å²) in [6, 6.07) is 0. The molecule has 8 nitrogen and oxygen atoms in total. The molecule has 0 aliphatic carbocycles. The van der Waals surface area contributed by atoms with Gasteiger partial charge in [0, 0.05) is 12.8 Å². The largest absolute Gasteiger partial charge is 0.479 e. The summed E-state index contributed by atoms with van der Waals surface area (Å²) in [6.45, 7) is 8.30. The van der Waals surface area contributed by atoms with Crippen LogP contribution in [0.2, 0.25) is 0 Å². The van der Waals surface area contributed by atoms with Crippen molar-refractivity contribution in [3.8, 4) is 0 Å². The summed E-state index contributed by atoms with van der Waals surface area (Å²) in [6.07, 6.45) is 37.6. The average Bonchev–Trinajstić information content (AvgIpc) is 3.12. The predicted molar refractivity (Wildman–Crippen MR) is 214 cm³/mol. The van der Waals surface area contributed by atoms with E-state index in [-0.39, 0.29) is 19.4 Å². The Balaban J connectivity index is 4.80. The van der Waals surface area contributed by atoms with Crippen molar-refractivity contribution in [3.63, 3.8) is 0 Å². The minimum absolute atomic E-state index is 0.0390. The van der Waals surface area contributed by atoms with E-state index in [1.807, 2.05) is 0 Å². The van der Waals surface area contributed by atoms with Gasteiger partial charge in [0.25, 0.3) is 0 Å². The number of allylic oxidation sites excluding steroid dienone is 4. The fourth-order valence-corrected chi connectivity index (χ4v) is 6.67. The monoisotopic (exact) mass is 734 g/mol. The molecule has 2 unspecified atom stereocenters. The van der Waals surface area contributed by atoms with Crippen molar-refractivity contribution in [3.05, 3.63) is 24.3 Å². The van der Waals surface area contributed by atoms with Crippen LogP contribution >= 0.6 is 0 Å². The van der Waals surface area contributed by atoms with E-state index in [2.05, 4.69) is 38.2 Å². The van der Waals surface area contributed by atoms with Crippen molar-refractivity contribution < 1.29 is 34.2 Å². The lowest BCUT2D eigenvalue weighted by Gasteiger charge is -2.43. The number of carboxylic acids is 2. The molecule has 2 atom stereocenters. The highest BCUT2D eigenvalue weighted by Gasteiger charge is 2.60. The van der Waals surface area contributed by atoms with Gasteiger partial charge in [-0.3, -0.25) is 14.4 Å². The maximum atomic E-state index is 13.5. The molecule has 0 aliphatic heterocycles. The topological polar surface area (TPSA) is 121 Å². The Morgan fingerprint density at radius 2 is 0.731 bits per heavy atom. The molecule has 0 aromatic carbocycles. The zero-order valence-electron chi connectivity index (χ0n) is 34.2. The first-order chi connectivity index (χ1) is 25.0. The van der Waals surface area contributed by atoms with Gasteiger partial charge in [-0.1, -0.05) is 141 Å². The Labute approximate surface area is 318 Å². The lowest BCUT2D eigenvalue weighted by molar-refractivity contribution is -0.258. The second-order valence-corrected chi connectivity index (χ2v) is 15.0. The Kier molecular flexibility index (Phi) is 30.7. The lowest BCUT2D eigenvalue weighted by atomic mass is 9.84. The first-order valence-corrected chi connectivity index (χ1v) is 21.3. The first kappa shape index (κ1) is 49.7. The van der Waals surface area contributed by atoms with Crippen LogP contribution in [0, 0.1) is 0 Å². The van der Waals surface area contributed by atoms with Crippen molar-refractivity contribution in [1.29, 1.82) is 0 Å². The number of Topliss-reactive ketones (excluding diaryl/α,β-unsaturated/α-hetero) is 2. The number of ketones is 2. The zero-order valence-corrected chi connectivity index (χ0v) is 34.2. The van der Waals surface area contributed by atoms with Crippen LogP contribution in [-0.2, 0) is 24.0 Å². The van der Waals surface area contributed by atoms with Gasteiger partial charge in [0.15, 0.2) is 22.6 Å². The molecule has 0 aromatic rings. The number of carboxylic acid groups (broad SMARTS) is 2. The van der Waals surface area contributed by atoms with Gasteiger partial charge in [0.2, 0.25) is 0 Å². The summed E-state index contributed by atoms with van der Waals surface area (Å²) < 4.78 is 0. The molecule has 0 aromatic heterocycles. The van der Waals surface area contributed by atoms with Gasteiger partial charge in [-0.05, 0) is 85.0 Å².